The number of nitrogens with one attached hydrogen (secondary N) is 2. The maximum atomic E-state index is 4.32. The fourth-order valence-corrected chi connectivity index (χ4v) is 3.72. The van der Waals surface area contributed by atoms with Crippen LogP contribution in [0.2, 0.25) is 0 Å². The molecule has 8 heteroatoms. The van der Waals surface area contributed by atoms with E-state index in [9.17, 15) is 0 Å². The molecule has 2 aromatic rings. The van der Waals surface area contributed by atoms with Gasteiger partial charge in [0.15, 0.2) is 5.96 Å². The molecule has 1 aliphatic rings. The molecule has 0 spiro atoms. The van der Waals surface area contributed by atoms with Gasteiger partial charge in [-0.2, -0.15) is 0 Å². The van der Waals surface area contributed by atoms with Crippen LogP contribution in [0.3, 0.4) is 0 Å². The van der Waals surface area contributed by atoms with Crippen LogP contribution in [0.5, 0.6) is 0 Å². The van der Waals surface area contributed by atoms with Gasteiger partial charge < -0.3 is 20.1 Å². The van der Waals surface area contributed by atoms with Crippen LogP contribution < -0.4 is 10.6 Å². The lowest BCUT2D eigenvalue weighted by molar-refractivity contribution is 0.269. The molecule has 3 rings (SSSR count). The van der Waals surface area contributed by atoms with Gasteiger partial charge in [0.2, 0.25) is 0 Å². The van der Waals surface area contributed by atoms with Gasteiger partial charge in [0.1, 0.15) is 12.2 Å². The Bertz CT molecular complexity index is 783. The smallest absolute Gasteiger partial charge is 0.191 e. The van der Waals surface area contributed by atoms with Crippen LogP contribution in [0, 0.1) is 0 Å². The van der Waals surface area contributed by atoms with Crippen molar-refractivity contribution in [3.63, 3.8) is 0 Å². The summed E-state index contributed by atoms with van der Waals surface area (Å²) < 4.78 is 2.07. The van der Waals surface area contributed by atoms with Crippen LogP contribution in [-0.2, 0) is 26.1 Å². The normalized spacial score (nSPS) is 16.4. The van der Waals surface area contributed by atoms with E-state index in [2.05, 4.69) is 78.4 Å². The predicted molar refractivity (Wildman–Crippen MR) is 121 cm³/mol. The molecule has 8 nitrogen and oxygen atoms in total. The molecule has 0 atom stereocenters. The summed E-state index contributed by atoms with van der Waals surface area (Å²) in [5.41, 5.74) is 2.64. The summed E-state index contributed by atoms with van der Waals surface area (Å²) in [6.07, 6.45) is 3.92. The van der Waals surface area contributed by atoms with Gasteiger partial charge in [0.25, 0.3) is 0 Å². The first-order valence-corrected chi connectivity index (χ1v) is 11.0. The van der Waals surface area contributed by atoms with E-state index in [4.69, 9.17) is 0 Å². The van der Waals surface area contributed by atoms with Crippen LogP contribution in [0.25, 0.3) is 0 Å². The molecule has 30 heavy (non-hydrogen) atoms. The van der Waals surface area contributed by atoms with Crippen molar-refractivity contribution in [1.82, 2.24) is 35.2 Å². The second-order valence-electron chi connectivity index (χ2n) is 7.90. The number of guanidine groups is 1. The maximum Gasteiger partial charge on any atom is 0.191 e. The van der Waals surface area contributed by atoms with Crippen LogP contribution in [-0.4, -0.2) is 77.3 Å². The first-order valence-electron chi connectivity index (χ1n) is 11.0. The van der Waals surface area contributed by atoms with Crippen LogP contribution >= 0.6 is 0 Å². The van der Waals surface area contributed by atoms with Crippen molar-refractivity contribution in [2.75, 3.05) is 46.8 Å². The Kier molecular flexibility index (Phi) is 8.65. The SMILES string of the molecule is CCc1nncn1CCNC(=NC)NCc1ccc(CN2CCCN(C)CC2)cc1. The number of aromatic nitrogens is 3. The molecule has 2 N–H and O–H groups in total. The van der Waals surface area contributed by atoms with Gasteiger partial charge in [-0.05, 0) is 37.7 Å². The highest BCUT2D eigenvalue weighted by Crippen LogP contribution is 2.10. The van der Waals surface area contributed by atoms with Gasteiger partial charge in [-0.1, -0.05) is 31.2 Å². The summed E-state index contributed by atoms with van der Waals surface area (Å²) in [5, 5.41) is 14.8. The highest BCUT2D eigenvalue weighted by atomic mass is 15.3. The zero-order valence-corrected chi connectivity index (χ0v) is 18.6. The summed E-state index contributed by atoms with van der Waals surface area (Å²) in [7, 11) is 4.01. The Balaban J connectivity index is 1.41. The number of likely N-dealkylation sites (N-methyl/N-ethyl adjacent to an activating group) is 1. The molecule has 0 amide bonds. The molecule has 1 aromatic carbocycles. The minimum Gasteiger partial charge on any atom is -0.355 e. The van der Waals surface area contributed by atoms with Gasteiger partial charge in [0, 0.05) is 52.7 Å². The average Bonchev–Trinajstić information content (AvgIpc) is 3.12. The van der Waals surface area contributed by atoms with Gasteiger partial charge in [-0.3, -0.25) is 9.89 Å². The highest BCUT2D eigenvalue weighted by Gasteiger charge is 2.12. The Morgan fingerprint density at radius 2 is 1.87 bits per heavy atom. The number of rotatable bonds is 8. The van der Waals surface area contributed by atoms with E-state index >= 15 is 0 Å². The second kappa shape index (κ2) is 11.7. The fourth-order valence-electron chi connectivity index (χ4n) is 3.72. The van der Waals surface area contributed by atoms with Crippen molar-refractivity contribution < 1.29 is 0 Å². The molecule has 0 radical (unpaired) electrons. The summed E-state index contributed by atoms with van der Waals surface area (Å²) in [5.74, 6) is 1.81. The molecule has 1 saturated heterocycles. The van der Waals surface area contributed by atoms with Crippen LogP contribution in [0.1, 0.15) is 30.3 Å². The number of hydrogen-bond donors (Lipinski definition) is 2. The average molecular weight is 413 g/mol. The van der Waals surface area contributed by atoms with Gasteiger partial charge >= 0.3 is 0 Å². The fraction of sp³-hybridized carbons (Fsp3) is 0.591. The lowest BCUT2D eigenvalue weighted by Crippen LogP contribution is -2.38. The lowest BCUT2D eigenvalue weighted by Gasteiger charge is -2.20. The van der Waals surface area contributed by atoms with Crippen molar-refractivity contribution in [1.29, 1.82) is 0 Å². The third-order valence-electron chi connectivity index (χ3n) is 5.58. The largest absolute Gasteiger partial charge is 0.355 e. The van der Waals surface area contributed by atoms with Crippen molar-refractivity contribution >= 4 is 5.96 Å². The number of nitrogens with zero attached hydrogens (tertiary/aromatic N) is 6. The van der Waals surface area contributed by atoms with E-state index in [1.54, 1.807) is 13.4 Å². The predicted octanol–water partition coefficient (Wildman–Crippen LogP) is 1.34. The van der Waals surface area contributed by atoms with Crippen molar-refractivity contribution in [2.24, 2.45) is 4.99 Å². The van der Waals surface area contributed by atoms with Gasteiger partial charge in [-0.15, -0.1) is 10.2 Å². The van der Waals surface area contributed by atoms with Gasteiger partial charge in [0.05, 0.1) is 0 Å². The van der Waals surface area contributed by atoms with E-state index in [1.165, 1.54) is 30.6 Å². The lowest BCUT2D eigenvalue weighted by atomic mass is 10.1. The van der Waals surface area contributed by atoms with E-state index < -0.39 is 0 Å². The molecule has 2 heterocycles. The van der Waals surface area contributed by atoms with Crippen molar-refractivity contribution in [2.45, 2.75) is 39.4 Å². The Hall–Kier alpha value is -2.45. The number of aryl methyl sites for hydroxylation is 1. The topological polar surface area (TPSA) is 73.6 Å². The standard InChI is InChI=1S/C22H36N8/c1-4-21-27-26-18-30(21)13-10-24-22(23-2)25-16-19-6-8-20(9-7-19)17-29-12-5-11-28(3)14-15-29/h6-9,18H,4-5,10-17H2,1-3H3,(H2,23,24,25). The third kappa shape index (κ3) is 6.81. The monoisotopic (exact) mass is 412 g/mol. The minimum absolute atomic E-state index is 0.751. The highest BCUT2D eigenvalue weighted by molar-refractivity contribution is 5.79. The van der Waals surface area contributed by atoms with E-state index in [0.717, 1.165) is 57.5 Å². The summed E-state index contributed by atoms with van der Waals surface area (Å²) in [4.78, 5) is 9.30. The molecule has 164 valence electrons. The molecular formula is C22H36N8. The number of benzene rings is 1. The first-order chi connectivity index (χ1) is 14.7. The summed E-state index contributed by atoms with van der Waals surface area (Å²) >= 11 is 0. The summed E-state index contributed by atoms with van der Waals surface area (Å²) in [6.45, 7) is 10.2. The molecule has 1 aliphatic heterocycles. The molecule has 0 bridgehead atoms. The molecular weight excluding hydrogens is 376 g/mol. The Labute approximate surface area is 180 Å². The molecule has 0 aliphatic carbocycles. The third-order valence-corrected chi connectivity index (χ3v) is 5.58. The van der Waals surface area contributed by atoms with Crippen molar-refractivity contribution in [3.05, 3.63) is 47.5 Å². The molecule has 1 fully saturated rings. The maximum absolute atomic E-state index is 4.32. The van der Waals surface area contributed by atoms with Crippen LogP contribution in [0.4, 0.5) is 0 Å². The molecule has 1 aromatic heterocycles. The van der Waals surface area contributed by atoms with E-state index in [-0.39, 0.29) is 0 Å². The summed E-state index contributed by atoms with van der Waals surface area (Å²) in [6, 6.07) is 8.93. The number of aliphatic imine (C=N–C) groups is 1. The number of hydrogen-bond acceptors (Lipinski definition) is 5. The van der Waals surface area contributed by atoms with Gasteiger partial charge in [-0.25, -0.2) is 0 Å². The van der Waals surface area contributed by atoms with E-state index in [1.807, 2.05) is 0 Å². The quantitative estimate of drug-likeness (QED) is 0.504. The van der Waals surface area contributed by atoms with E-state index in [0.29, 0.717) is 0 Å². The zero-order chi connectivity index (χ0) is 21.2. The zero-order valence-electron chi connectivity index (χ0n) is 18.6. The van der Waals surface area contributed by atoms with Crippen LogP contribution in [0.15, 0.2) is 35.6 Å². The van der Waals surface area contributed by atoms with Crippen molar-refractivity contribution in [3.8, 4) is 0 Å². The first kappa shape index (κ1) is 22.2. The minimum atomic E-state index is 0.751. The molecule has 0 saturated carbocycles. The second-order valence-corrected chi connectivity index (χ2v) is 7.90. The molecule has 0 unspecified atom stereocenters. The Morgan fingerprint density at radius 3 is 2.63 bits per heavy atom. The Morgan fingerprint density at radius 1 is 1.07 bits per heavy atom.